The minimum Gasteiger partial charge on any atom is -0.355 e. The number of nitrogens with one attached hydrogen (secondary N) is 4. The van der Waals surface area contributed by atoms with Crippen LogP contribution in [0.25, 0.3) is 126 Å². The Labute approximate surface area is 899 Å². The molecule has 798 valence electrons. The molecule has 13 rings (SSSR count). The van der Waals surface area contributed by atoms with Crippen molar-refractivity contribution >= 4 is 92.7 Å². The van der Waals surface area contributed by atoms with Gasteiger partial charge in [-0.3, -0.25) is 0 Å². The molecule has 0 radical (unpaired) electrons. The molecule has 148 heavy (non-hydrogen) atoms. The van der Waals surface area contributed by atoms with E-state index in [2.05, 4.69) is 287 Å². The van der Waals surface area contributed by atoms with Gasteiger partial charge in [0.05, 0.1) is 45.6 Å². The van der Waals surface area contributed by atoms with Crippen molar-refractivity contribution in [2.75, 3.05) is 0 Å². The van der Waals surface area contributed by atoms with E-state index in [0.717, 1.165) is 158 Å². The van der Waals surface area contributed by atoms with Gasteiger partial charge in [0.25, 0.3) is 0 Å². The van der Waals surface area contributed by atoms with Gasteiger partial charge in [-0.15, -0.1) is 0 Å². The minimum absolute atomic E-state index is 0.312. The first-order valence-electron chi connectivity index (χ1n) is 62.0. The topological polar surface area (TPSA) is 115 Å². The molecule has 8 nitrogen and oxygen atoms in total. The molecule has 0 spiro atoms. The number of fused-ring (bicyclic) bond motifs is 16. The lowest BCUT2D eigenvalue weighted by atomic mass is 9.84. The smallest absolute Gasteiger partial charge is 0.0738 e. The Morgan fingerprint density at radius 1 is 0.189 bits per heavy atom. The van der Waals surface area contributed by atoms with Gasteiger partial charge in [0, 0.05) is 99.8 Å². The van der Waals surface area contributed by atoms with Crippen LogP contribution in [-0.2, 0) is 0 Å². The molecule has 9 aromatic rings. The molecule has 0 unspecified atom stereocenters. The number of nitrogens with zero attached hydrogens (tertiary/aromatic N) is 4. The van der Waals surface area contributed by atoms with Gasteiger partial charge in [-0.05, 0) is 281 Å². The third kappa shape index (κ3) is 33.0. The fourth-order valence-corrected chi connectivity index (χ4v) is 25.2. The normalized spacial score (nSPS) is 12.5. The largest absolute Gasteiger partial charge is 0.355 e. The molecule has 0 aliphatic carbocycles. The van der Waals surface area contributed by atoms with Gasteiger partial charge in [-0.1, -0.05) is 440 Å². The van der Waals surface area contributed by atoms with Gasteiger partial charge in [0.15, 0.2) is 0 Å². The lowest BCUT2D eigenvalue weighted by Gasteiger charge is -2.21. The molecule has 6 aromatic heterocycles. The molecule has 0 fully saturated rings. The molecule has 0 saturated heterocycles. The molecule has 0 saturated carbocycles. The number of unbranched alkanes of at least 4 members (excludes halogenated alkanes) is 36. The highest BCUT2D eigenvalue weighted by Crippen LogP contribution is 2.48. The van der Waals surface area contributed by atoms with Gasteiger partial charge in [-0.2, -0.15) is 0 Å². The second-order valence-electron chi connectivity index (χ2n) is 45.5. The highest BCUT2D eigenvalue weighted by molar-refractivity contribution is 5.98. The van der Waals surface area contributed by atoms with E-state index in [1.54, 1.807) is 0 Å². The predicted molar refractivity (Wildman–Crippen MR) is 651 cm³/mol. The van der Waals surface area contributed by atoms with E-state index in [1.807, 2.05) is 0 Å². The van der Waals surface area contributed by atoms with Gasteiger partial charge >= 0.3 is 0 Å². The van der Waals surface area contributed by atoms with E-state index in [-0.39, 0.29) is 0 Å². The summed E-state index contributed by atoms with van der Waals surface area (Å²) in [4.78, 5) is 41.5. The first-order valence-corrected chi connectivity index (χ1v) is 62.0. The fourth-order valence-electron chi connectivity index (χ4n) is 25.2. The number of hydrogen-bond donors (Lipinski definition) is 4. The number of aryl methyl sites for hydroxylation is 2. The third-order valence-corrected chi connectivity index (χ3v) is 33.6. The Balaban J connectivity index is 0.984. The quantitative estimate of drug-likeness (QED) is 0.0225. The first-order chi connectivity index (χ1) is 72.8. The lowest BCUT2D eigenvalue weighted by Crippen LogP contribution is -2.06. The maximum absolute atomic E-state index is 6.08. The molecule has 4 aliphatic rings. The molecule has 4 N–H and O–H groups in total. The van der Waals surface area contributed by atoms with Crippen molar-refractivity contribution in [2.45, 2.75) is 518 Å². The van der Waals surface area contributed by atoms with Crippen LogP contribution in [-0.4, -0.2) is 39.9 Å². The molecule has 8 heteroatoms. The van der Waals surface area contributed by atoms with E-state index in [1.165, 1.54) is 406 Å². The maximum Gasteiger partial charge on any atom is 0.0738 e. The summed E-state index contributed by atoms with van der Waals surface area (Å²) >= 11 is 0. The van der Waals surface area contributed by atoms with Crippen molar-refractivity contribution in [1.29, 1.82) is 0 Å². The summed E-state index contributed by atoms with van der Waals surface area (Å²) in [6, 6.07) is 42.9. The standard InChI is InChI=1S/C140H198N8/c1-15-27-39-51-63-107(64-52-40-28-16-2)115-101-103(13)132(104(14)102-115)140-130-99-97-124(147-130)136(111(71-59-47-35-23-9)72-60-48-36-24-10)122-91-95-128(145-122)139(129-96-92-123(146-129)137(125-98-100-131(140)148-125)112(73-61-49-37-25-11)74-62-50-38-26-12)114-83-79-106(80-84-114)76-75-105-77-81-113(82-78-105)138-126-93-89-120(143-126)134(109(67-55-43-31-19-5)68-56-44-32-20-6)118-87-85-116(141-118)133(108(65-53-41-29-17-3)66-54-42-30-18-4)117-86-88-119(142-117)135(121-90-94-127(138)144-121)110(69-57-45-33-21-7)70-58-46-34-22-8/h77-102,107-112,143-146H,15-74H2,1-14H3/i138+1. The molecule has 10 heterocycles. The second kappa shape index (κ2) is 63.7. The minimum atomic E-state index is 0.312. The van der Waals surface area contributed by atoms with E-state index in [9.17, 15) is 0 Å². The number of benzene rings is 3. The SMILES string of the molecule is CCCCCCC(CCCCCC)c1cc(C)c(-c2c3nc(c(C(CCCCCC)CCCCCC)c4ccc([nH]4)c(-c4ccc(C#Cc5ccc(-[13c]6c7ccc([nH]7)c(C(CCCCCC)CCCCCC)c7nc(c(C(CCCCCC)CCCCCC)c8nc(c(C(CCCCCC)CCCCCC)c9ccc6[nH]9)C=C8)C=C7)cc5)cc4)c4ccc([nH]4)c(C(CCCCCC)CCCCCC)c4nc2C=C4)C=C3)c(C)c1. The van der Waals surface area contributed by atoms with E-state index >= 15 is 0 Å². The van der Waals surface area contributed by atoms with Crippen LogP contribution >= 0.6 is 0 Å². The third-order valence-electron chi connectivity index (χ3n) is 33.6. The van der Waals surface area contributed by atoms with Crippen molar-refractivity contribution in [3.05, 3.63) is 210 Å². The van der Waals surface area contributed by atoms with Gasteiger partial charge in [-0.25, -0.2) is 19.9 Å². The Bertz CT molecular complexity index is 5720. The van der Waals surface area contributed by atoms with Crippen LogP contribution < -0.4 is 0 Å². The molecule has 4 aliphatic heterocycles. The summed E-state index contributed by atoms with van der Waals surface area (Å²) in [6.07, 6.45) is 93.2. The Kier molecular flexibility index (Phi) is 49.7. The van der Waals surface area contributed by atoms with Crippen molar-refractivity contribution in [3.8, 4) is 45.2 Å². The highest BCUT2D eigenvalue weighted by atomic mass is 14.8. The first kappa shape index (κ1) is 116. The Hall–Kier alpha value is -9.58. The van der Waals surface area contributed by atoms with Crippen LogP contribution in [0.15, 0.2) is 109 Å². The zero-order valence-corrected chi connectivity index (χ0v) is 95.7. The number of aromatic nitrogens is 8. The summed E-state index contributed by atoms with van der Waals surface area (Å²) in [5.74, 6) is 9.72. The number of aromatic amines is 4. The van der Waals surface area contributed by atoms with E-state index in [4.69, 9.17) is 19.9 Å². The molecular formula is C140H198N8. The van der Waals surface area contributed by atoms with Crippen LogP contribution in [0.3, 0.4) is 0 Å². The zero-order chi connectivity index (χ0) is 104. The second-order valence-corrected chi connectivity index (χ2v) is 45.5. The molecule has 16 bridgehead atoms. The highest BCUT2D eigenvalue weighted by Gasteiger charge is 2.31. The van der Waals surface area contributed by atoms with Crippen LogP contribution in [0.4, 0.5) is 0 Å². The van der Waals surface area contributed by atoms with Crippen LogP contribution in [0.5, 0.6) is 0 Å². The maximum atomic E-state index is 6.08. The summed E-state index contributed by atoms with van der Waals surface area (Å²) in [6.45, 7) is 33.0. The Morgan fingerprint density at radius 3 is 0.601 bits per heavy atom. The number of hydrogen-bond acceptors (Lipinski definition) is 4. The number of H-pyrrole nitrogens is 4. The van der Waals surface area contributed by atoms with Crippen molar-refractivity contribution in [3.63, 3.8) is 0 Å². The van der Waals surface area contributed by atoms with Gasteiger partial charge in [0.1, 0.15) is 0 Å². The average molecular weight is 1990 g/mol. The summed E-state index contributed by atoms with van der Waals surface area (Å²) in [7, 11) is 0. The van der Waals surface area contributed by atoms with Crippen molar-refractivity contribution in [2.24, 2.45) is 0 Å². The molecule has 0 atom stereocenters. The lowest BCUT2D eigenvalue weighted by molar-refractivity contribution is 0.493. The number of rotatable bonds is 69. The van der Waals surface area contributed by atoms with E-state index in [0.29, 0.717) is 35.5 Å². The van der Waals surface area contributed by atoms with Crippen molar-refractivity contribution < 1.29 is 0 Å². The Morgan fingerprint density at radius 2 is 0.378 bits per heavy atom. The molecule has 3 aromatic carbocycles. The van der Waals surface area contributed by atoms with E-state index < -0.39 is 0 Å². The van der Waals surface area contributed by atoms with Crippen molar-refractivity contribution in [1.82, 2.24) is 39.9 Å². The van der Waals surface area contributed by atoms with Crippen LogP contribution in [0.2, 0.25) is 0 Å². The fraction of sp³-hybridized carbons (Fsp3) is 0.571. The molecule has 0 amide bonds. The molecular weight excluding hydrogens is 1790 g/mol. The van der Waals surface area contributed by atoms with Crippen LogP contribution in [0.1, 0.15) is 605 Å². The predicted octanol–water partition coefficient (Wildman–Crippen LogP) is 44.8. The monoisotopic (exact) mass is 1990 g/mol. The van der Waals surface area contributed by atoms with Gasteiger partial charge < -0.3 is 19.9 Å². The summed E-state index contributed by atoms with van der Waals surface area (Å²) < 4.78 is 0. The average Bonchev–Trinajstić information content (AvgIpc) is 1.63. The zero-order valence-electron chi connectivity index (χ0n) is 95.7. The van der Waals surface area contributed by atoms with Crippen LogP contribution in [0, 0.1) is 25.7 Å². The summed E-state index contributed by atoms with van der Waals surface area (Å²) in [5, 5.41) is 0. The summed E-state index contributed by atoms with van der Waals surface area (Å²) in [5.41, 5.74) is 38.0. The van der Waals surface area contributed by atoms with Gasteiger partial charge in [0.2, 0.25) is 0 Å².